The van der Waals surface area contributed by atoms with Crippen molar-refractivity contribution in [1.82, 2.24) is 0 Å². The van der Waals surface area contributed by atoms with Crippen molar-refractivity contribution in [3.63, 3.8) is 0 Å². The molecule has 0 aliphatic carbocycles. The Morgan fingerprint density at radius 1 is 1.50 bits per heavy atom. The monoisotopic (exact) mass is 84.0 g/mol. The highest BCUT2D eigenvalue weighted by atomic mass is 16.2. The van der Waals surface area contributed by atoms with Gasteiger partial charge in [-0.1, -0.05) is 11.8 Å². The third kappa shape index (κ3) is 3.48. The maximum Gasteiger partial charge on any atom is 0.143 e. The summed E-state index contributed by atoms with van der Waals surface area (Å²) in [5.74, 6) is 4.68. The molecule has 33 valence electrons. The highest BCUT2D eigenvalue weighted by Crippen LogP contribution is 1.47. The summed E-state index contributed by atoms with van der Waals surface area (Å²) in [5, 5.41) is 9.46. The number of hydrogen-bond donors (Lipinski definition) is 1. The van der Waals surface area contributed by atoms with E-state index in [1.54, 1.807) is 0 Å². The first-order valence-corrected chi connectivity index (χ1v) is 1.65. The smallest absolute Gasteiger partial charge is 0.143 e. The summed E-state index contributed by atoms with van der Waals surface area (Å²) >= 11 is 0. The first kappa shape index (κ1) is 5.48. The van der Waals surface area contributed by atoms with Gasteiger partial charge in [0.2, 0.25) is 0 Å². The molecular formula is C4H6NO. The van der Waals surface area contributed by atoms with Crippen molar-refractivity contribution in [2.75, 3.05) is 13.2 Å². The van der Waals surface area contributed by atoms with Gasteiger partial charge in [-0.25, -0.2) is 5.11 Å². The fourth-order valence-electron chi connectivity index (χ4n) is 0.123. The van der Waals surface area contributed by atoms with Crippen LogP contribution in [0.3, 0.4) is 0 Å². The first-order valence-electron chi connectivity index (χ1n) is 1.65. The van der Waals surface area contributed by atoms with Gasteiger partial charge in [-0.3, -0.25) is 0 Å². The molecule has 0 aliphatic rings. The summed E-state index contributed by atoms with van der Waals surface area (Å²) in [6, 6.07) is 0. The van der Waals surface area contributed by atoms with E-state index in [9.17, 15) is 5.11 Å². The van der Waals surface area contributed by atoms with E-state index in [1.807, 2.05) is 0 Å². The van der Waals surface area contributed by atoms with Gasteiger partial charge in [-0.2, -0.15) is 0 Å². The second-order valence-corrected chi connectivity index (χ2v) is 0.702. The van der Waals surface area contributed by atoms with Crippen LogP contribution in [-0.4, -0.2) is 13.2 Å². The van der Waals surface area contributed by atoms with Crippen LogP contribution in [-0.2, 0) is 5.11 Å². The Balaban J connectivity index is 2.90. The lowest BCUT2D eigenvalue weighted by atomic mass is 10.6. The van der Waals surface area contributed by atoms with Crippen LogP contribution in [0.2, 0.25) is 0 Å². The summed E-state index contributed by atoms with van der Waals surface area (Å²) in [7, 11) is 0. The molecule has 0 aromatic heterocycles. The van der Waals surface area contributed by atoms with Crippen LogP contribution in [0, 0.1) is 11.8 Å². The molecule has 2 N–H and O–H groups in total. The maximum absolute atomic E-state index is 9.46. The molecule has 0 spiro atoms. The van der Waals surface area contributed by atoms with Gasteiger partial charge in [-0.15, -0.1) is 0 Å². The molecule has 2 nitrogen and oxygen atoms in total. The average Bonchev–Trinajstić information content (AvgIpc) is 1.61. The highest BCUT2D eigenvalue weighted by molar-refractivity contribution is 4.99. The Morgan fingerprint density at radius 2 is 2.17 bits per heavy atom. The maximum atomic E-state index is 9.46. The van der Waals surface area contributed by atoms with Crippen LogP contribution in [0.5, 0.6) is 0 Å². The van der Waals surface area contributed by atoms with Crippen LogP contribution in [0.25, 0.3) is 0 Å². The van der Waals surface area contributed by atoms with Crippen molar-refractivity contribution in [2.45, 2.75) is 0 Å². The second-order valence-electron chi connectivity index (χ2n) is 0.702. The normalized spacial score (nSPS) is 6.33. The van der Waals surface area contributed by atoms with Gasteiger partial charge in [-0.05, 0) is 0 Å². The zero-order chi connectivity index (χ0) is 4.83. The number of hydrogen-bond acceptors (Lipinski definition) is 1. The summed E-state index contributed by atoms with van der Waals surface area (Å²) in [6.45, 7) is -0.0422. The van der Waals surface area contributed by atoms with Crippen LogP contribution >= 0.6 is 0 Å². The quantitative estimate of drug-likeness (QED) is 0.390. The zero-order valence-electron chi connectivity index (χ0n) is 3.40. The molecule has 0 unspecified atom stereocenters. The van der Waals surface area contributed by atoms with E-state index in [0.29, 0.717) is 6.54 Å². The van der Waals surface area contributed by atoms with E-state index < -0.39 is 0 Å². The fraction of sp³-hybridized carbons (Fsp3) is 0.500. The molecule has 0 amide bonds. The van der Waals surface area contributed by atoms with Gasteiger partial charge in [0.1, 0.15) is 6.61 Å². The Labute approximate surface area is 37.0 Å². The molecule has 6 heavy (non-hydrogen) atoms. The third-order valence-electron chi connectivity index (χ3n) is 0.299. The average molecular weight is 84.1 g/mol. The summed E-state index contributed by atoms with van der Waals surface area (Å²) in [4.78, 5) is 0. The van der Waals surface area contributed by atoms with E-state index in [-0.39, 0.29) is 6.61 Å². The van der Waals surface area contributed by atoms with E-state index in [4.69, 9.17) is 5.73 Å². The summed E-state index contributed by atoms with van der Waals surface area (Å²) < 4.78 is 0. The topological polar surface area (TPSA) is 45.9 Å². The zero-order valence-corrected chi connectivity index (χ0v) is 3.40. The molecule has 0 saturated carbocycles. The van der Waals surface area contributed by atoms with Gasteiger partial charge in [0.15, 0.2) is 0 Å². The van der Waals surface area contributed by atoms with Crippen molar-refractivity contribution in [1.29, 1.82) is 0 Å². The van der Waals surface area contributed by atoms with Crippen molar-refractivity contribution < 1.29 is 5.11 Å². The molecule has 0 aliphatic heterocycles. The Bertz CT molecular complexity index is 61.4. The lowest BCUT2D eigenvalue weighted by Gasteiger charge is -1.65. The van der Waals surface area contributed by atoms with Crippen molar-refractivity contribution in [3.05, 3.63) is 0 Å². The molecule has 0 aromatic rings. The molecule has 0 aromatic carbocycles. The predicted octanol–water partition coefficient (Wildman–Crippen LogP) is -0.621. The fourth-order valence-corrected chi connectivity index (χ4v) is 0.123. The van der Waals surface area contributed by atoms with Gasteiger partial charge >= 0.3 is 0 Å². The Hall–Kier alpha value is -0.520. The van der Waals surface area contributed by atoms with E-state index in [0.717, 1.165) is 0 Å². The lowest BCUT2D eigenvalue weighted by molar-refractivity contribution is 0.239. The largest absolute Gasteiger partial charge is 0.320 e. The van der Waals surface area contributed by atoms with E-state index >= 15 is 0 Å². The molecule has 0 heterocycles. The predicted molar refractivity (Wildman–Crippen MR) is 22.4 cm³/mol. The minimum absolute atomic E-state index is 0.294. The minimum Gasteiger partial charge on any atom is -0.320 e. The Morgan fingerprint density at radius 3 is 2.33 bits per heavy atom. The molecule has 0 bridgehead atoms. The Kier molecular flexibility index (Phi) is 4.09. The molecule has 0 atom stereocenters. The van der Waals surface area contributed by atoms with Gasteiger partial charge in [0.05, 0.1) is 6.54 Å². The van der Waals surface area contributed by atoms with Crippen LogP contribution in [0.15, 0.2) is 0 Å². The molecule has 1 radical (unpaired) electrons. The van der Waals surface area contributed by atoms with Crippen LogP contribution in [0.1, 0.15) is 0 Å². The minimum atomic E-state index is -0.336. The molecule has 0 saturated heterocycles. The van der Waals surface area contributed by atoms with Crippen molar-refractivity contribution >= 4 is 0 Å². The lowest BCUT2D eigenvalue weighted by Crippen LogP contribution is -1.92. The van der Waals surface area contributed by atoms with Gasteiger partial charge in [0, 0.05) is 0 Å². The van der Waals surface area contributed by atoms with Gasteiger partial charge < -0.3 is 5.73 Å². The van der Waals surface area contributed by atoms with Crippen LogP contribution < -0.4 is 5.73 Å². The molecule has 2 heteroatoms. The van der Waals surface area contributed by atoms with Crippen molar-refractivity contribution in [2.24, 2.45) is 5.73 Å². The number of nitrogens with two attached hydrogens (primary N) is 1. The van der Waals surface area contributed by atoms with Crippen LogP contribution in [0.4, 0.5) is 0 Å². The SMILES string of the molecule is NCC#CC[O]. The van der Waals surface area contributed by atoms with E-state index in [2.05, 4.69) is 11.8 Å². The number of rotatable bonds is 0. The summed E-state index contributed by atoms with van der Waals surface area (Å²) in [6.07, 6.45) is 0. The van der Waals surface area contributed by atoms with Crippen molar-refractivity contribution in [3.8, 4) is 11.8 Å². The summed E-state index contributed by atoms with van der Waals surface area (Å²) in [5.41, 5.74) is 4.90. The highest BCUT2D eigenvalue weighted by Gasteiger charge is 1.58. The molecule has 0 rings (SSSR count). The molecule has 0 fully saturated rings. The van der Waals surface area contributed by atoms with E-state index in [1.165, 1.54) is 0 Å². The molecular weight excluding hydrogens is 78.0 g/mol. The third-order valence-corrected chi connectivity index (χ3v) is 0.299. The van der Waals surface area contributed by atoms with Gasteiger partial charge in [0.25, 0.3) is 0 Å². The first-order chi connectivity index (χ1) is 2.91. The second kappa shape index (κ2) is 4.48. The standard InChI is InChI=1S/C4H6NO/c5-3-1-2-4-6/h3-5H2.